The van der Waals surface area contributed by atoms with Gasteiger partial charge in [0, 0.05) is 19.2 Å². The number of nitrogen functional groups attached to an aromatic ring is 1. The number of anilines is 1. The lowest BCUT2D eigenvalue weighted by Crippen LogP contribution is -2.25. The Morgan fingerprint density at radius 3 is 2.85 bits per heavy atom. The van der Waals surface area contributed by atoms with Crippen molar-refractivity contribution >= 4 is 11.7 Å². The molecule has 2 aromatic rings. The van der Waals surface area contributed by atoms with Crippen LogP contribution in [-0.2, 0) is 17.9 Å². The Morgan fingerprint density at radius 1 is 1.35 bits per heavy atom. The number of nitrogens with two attached hydrogens (primary N) is 1. The fourth-order valence-corrected chi connectivity index (χ4v) is 2.20. The van der Waals surface area contributed by atoms with Crippen molar-refractivity contribution in [2.75, 3.05) is 19.5 Å². The molecule has 6 nitrogen and oxygen atoms in total. The normalized spacial score (nSPS) is 9.96. The van der Waals surface area contributed by atoms with Crippen molar-refractivity contribution in [1.29, 1.82) is 0 Å². The first-order valence-electron chi connectivity index (χ1n) is 7.89. The van der Waals surface area contributed by atoms with E-state index in [2.05, 4.69) is 22.1 Å². The predicted octanol–water partition coefficient (Wildman–Crippen LogP) is 2.28. The van der Waals surface area contributed by atoms with Crippen molar-refractivity contribution in [3.8, 4) is 17.6 Å². The SMILES string of the molecule is CC#CCOc1cccc(CNC(=O)c2ccc(COC)nc2N)c1F. The number of hydrogen-bond donors (Lipinski definition) is 2. The van der Waals surface area contributed by atoms with Crippen LogP contribution in [0, 0.1) is 17.7 Å². The predicted molar refractivity (Wildman–Crippen MR) is 95.9 cm³/mol. The summed E-state index contributed by atoms with van der Waals surface area (Å²) in [4.78, 5) is 16.4. The number of nitrogens with one attached hydrogen (secondary N) is 1. The van der Waals surface area contributed by atoms with Crippen molar-refractivity contribution in [3.05, 3.63) is 53.0 Å². The van der Waals surface area contributed by atoms with Crippen molar-refractivity contribution in [2.45, 2.75) is 20.1 Å². The molecule has 2 rings (SSSR count). The molecule has 1 amide bonds. The summed E-state index contributed by atoms with van der Waals surface area (Å²) in [6, 6.07) is 7.93. The van der Waals surface area contributed by atoms with Gasteiger partial charge < -0.3 is 20.5 Å². The summed E-state index contributed by atoms with van der Waals surface area (Å²) < 4.78 is 24.6. The van der Waals surface area contributed by atoms with E-state index in [0.717, 1.165) is 0 Å². The standard InChI is InChI=1S/C19H20FN3O3/c1-3-4-10-26-16-7-5-6-13(17(16)20)11-22-19(24)15-9-8-14(12-25-2)23-18(15)21/h5-9H,10-12H2,1-2H3,(H2,21,23)(H,22,24). The number of pyridine rings is 1. The van der Waals surface area contributed by atoms with Gasteiger partial charge in [0.05, 0.1) is 17.9 Å². The zero-order chi connectivity index (χ0) is 18.9. The minimum absolute atomic E-state index is 0.0133. The number of halogens is 1. The molecular formula is C19H20FN3O3. The van der Waals surface area contributed by atoms with Gasteiger partial charge in [0.15, 0.2) is 11.6 Å². The van der Waals surface area contributed by atoms with Crippen molar-refractivity contribution in [1.82, 2.24) is 10.3 Å². The third-order valence-corrected chi connectivity index (χ3v) is 3.48. The molecular weight excluding hydrogens is 337 g/mol. The highest BCUT2D eigenvalue weighted by Crippen LogP contribution is 2.20. The van der Waals surface area contributed by atoms with E-state index in [-0.39, 0.29) is 30.3 Å². The Kier molecular flexibility index (Phi) is 6.94. The Labute approximate surface area is 151 Å². The zero-order valence-electron chi connectivity index (χ0n) is 14.6. The number of hydrogen-bond acceptors (Lipinski definition) is 5. The van der Waals surface area contributed by atoms with E-state index in [9.17, 15) is 9.18 Å². The average molecular weight is 357 g/mol. The summed E-state index contributed by atoms with van der Waals surface area (Å²) in [6.45, 7) is 2.06. The number of ether oxygens (including phenoxy) is 2. The van der Waals surface area contributed by atoms with Crippen molar-refractivity contribution < 1.29 is 18.7 Å². The van der Waals surface area contributed by atoms with E-state index in [0.29, 0.717) is 17.9 Å². The summed E-state index contributed by atoms with van der Waals surface area (Å²) in [7, 11) is 1.54. The maximum Gasteiger partial charge on any atom is 0.255 e. The number of benzene rings is 1. The van der Waals surface area contributed by atoms with Crippen LogP contribution in [-0.4, -0.2) is 24.6 Å². The number of aromatic nitrogens is 1. The highest BCUT2D eigenvalue weighted by molar-refractivity contribution is 5.98. The van der Waals surface area contributed by atoms with Gasteiger partial charge in [0.2, 0.25) is 0 Å². The molecule has 1 aromatic carbocycles. The fourth-order valence-electron chi connectivity index (χ4n) is 2.20. The second kappa shape index (κ2) is 9.39. The van der Waals surface area contributed by atoms with Crippen LogP contribution < -0.4 is 15.8 Å². The molecule has 0 unspecified atom stereocenters. The molecule has 3 N–H and O–H groups in total. The molecule has 0 aliphatic carbocycles. The molecule has 0 saturated heterocycles. The summed E-state index contributed by atoms with van der Waals surface area (Å²) >= 11 is 0. The molecule has 26 heavy (non-hydrogen) atoms. The topological polar surface area (TPSA) is 86.5 Å². The molecule has 0 atom stereocenters. The Morgan fingerprint density at radius 2 is 2.15 bits per heavy atom. The summed E-state index contributed by atoms with van der Waals surface area (Å²) in [5, 5.41) is 2.63. The molecule has 0 fully saturated rings. The maximum absolute atomic E-state index is 14.4. The molecule has 0 saturated carbocycles. The first-order chi connectivity index (χ1) is 12.6. The molecule has 1 heterocycles. The summed E-state index contributed by atoms with van der Waals surface area (Å²) in [6.07, 6.45) is 0. The van der Waals surface area contributed by atoms with Crippen LogP contribution in [0.25, 0.3) is 0 Å². The molecule has 1 aromatic heterocycles. The number of methoxy groups -OCH3 is 1. The average Bonchev–Trinajstić information content (AvgIpc) is 2.62. The number of carbonyl (C=O) groups is 1. The van der Waals surface area contributed by atoms with Gasteiger partial charge in [-0.05, 0) is 25.1 Å². The smallest absolute Gasteiger partial charge is 0.255 e. The third-order valence-electron chi connectivity index (χ3n) is 3.48. The molecule has 0 aliphatic rings. The maximum atomic E-state index is 14.4. The van der Waals surface area contributed by atoms with Crippen molar-refractivity contribution in [2.24, 2.45) is 0 Å². The van der Waals surface area contributed by atoms with Gasteiger partial charge in [-0.1, -0.05) is 18.1 Å². The van der Waals surface area contributed by atoms with Gasteiger partial charge in [0.25, 0.3) is 5.91 Å². The molecule has 7 heteroatoms. The van der Waals surface area contributed by atoms with Gasteiger partial charge in [-0.25, -0.2) is 9.37 Å². The van der Waals surface area contributed by atoms with Crippen LogP contribution in [0.4, 0.5) is 10.2 Å². The van der Waals surface area contributed by atoms with Crippen LogP contribution in [0.1, 0.15) is 28.5 Å². The first kappa shape index (κ1) is 19.2. The monoisotopic (exact) mass is 357 g/mol. The van der Waals surface area contributed by atoms with Crippen molar-refractivity contribution in [3.63, 3.8) is 0 Å². The van der Waals surface area contributed by atoms with Crippen LogP contribution >= 0.6 is 0 Å². The van der Waals surface area contributed by atoms with Crippen LogP contribution in [0.15, 0.2) is 30.3 Å². The molecule has 0 bridgehead atoms. The Bertz CT molecular complexity index is 844. The van der Waals surface area contributed by atoms with E-state index < -0.39 is 11.7 Å². The van der Waals surface area contributed by atoms with Gasteiger partial charge in [0.1, 0.15) is 12.4 Å². The summed E-state index contributed by atoms with van der Waals surface area (Å²) in [5.41, 5.74) is 6.94. The lowest BCUT2D eigenvalue weighted by Gasteiger charge is -2.11. The molecule has 0 spiro atoms. The molecule has 0 radical (unpaired) electrons. The largest absolute Gasteiger partial charge is 0.478 e. The van der Waals surface area contributed by atoms with Gasteiger partial charge in [-0.2, -0.15) is 0 Å². The number of nitrogens with zero attached hydrogens (tertiary/aromatic N) is 1. The summed E-state index contributed by atoms with van der Waals surface area (Å²) in [5.74, 6) is 4.56. The van der Waals surface area contributed by atoms with Crippen LogP contribution in [0.5, 0.6) is 5.75 Å². The number of amides is 1. The lowest BCUT2D eigenvalue weighted by molar-refractivity contribution is 0.0951. The fraction of sp³-hybridized carbons (Fsp3) is 0.263. The quantitative estimate of drug-likeness (QED) is 0.743. The first-order valence-corrected chi connectivity index (χ1v) is 7.89. The third kappa shape index (κ3) is 4.94. The Balaban J connectivity index is 2.05. The van der Waals surface area contributed by atoms with E-state index >= 15 is 0 Å². The van der Waals surface area contributed by atoms with Gasteiger partial charge >= 0.3 is 0 Å². The van der Waals surface area contributed by atoms with Gasteiger partial charge in [-0.15, -0.1) is 5.92 Å². The number of carbonyl (C=O) groups excluding carboxylic acids is 1. The van der Waals surface area contributed by atoms with Gasteiger partial charge in [-0.3, -0.25) is 4.79 Å². The zero-order valence-corrected chi connectivity index (χ0v) is 14.6. The van der Waals surface area contributed by atoms with E-state index in [1.807, 2.05) is 0 Å². The second-order valence-electron chi connectivity index (χ2n) is 5.30. The lowest BCUT2D eigenvalue weighted by atomic mass is 10.1. The minimum Gasteiger partial charge on any atom is -0.478 e. The highest BCUT2D eigenvalue weighted by atomic mass is 19.1. The Hall–Kier alpha value is -3.11. The number of rotatable bonds is 7. The highest BCUT2D eigenvalue weighted by Gasteiger charge is 2.14. The second-order valence-corrected chi connectivity index (χ2v) is 5.30. The minimum atomic E-state index is -0.535. The molecule has 136 valence electrons. The van der Waals surface area contributed by atoms with Crippen LogP contribution in [0.2, 0.25) is 0 Å². The van der Waals surface area contributed by atoms with Crippen LogP contribution in [0.3, 0.4) is 0 Å². The molecule has 0 aliphatic heterocycles. The van der Waals surface area contributed by atoms with E-state index in [4.69, 9.17) is 15.2 Å². The van der Waals surface area contributed by atoms with E-state index in [1.54, 1.807) is 38.3 Å². The van der Waals surface area contributed by atoms with E-state index in [1.165, 1.54) is 6.07 Å².